The highest BCUT2D eigenvalue weighted by atomic mass is 19.1. The zero-order valence-corrected chi connectivity index (χ0v) is 10.8. The lowest BCUT2D eigenvalue weighted by molar-refractivity contribution is 0.0682. The number of hydrogen-bond acceptors (Lipinski definition) is 4. The zero-order valence-electron chi connectivity index (χ0n) is 10.8. The van der Waals surface area contributed by atoms with Gasteiger partial charge in [0.05, 0.1) is 0 Å². The fraction of sp³-hybridized carbons (Fsp3) is 0. The summed E-state index contributed by atoms with van der Waals surface area (Å²) in [6, 6.07) is 5.48. The fourth-order valence-corrected chi connectivity index (χ4v) is 1.37. The molecule has 0 saturated heterocycles. The van der Waals surface area contributed by atoms with E-state index in [1.165, 1.54) is 0 Å². The number of halogens is 2. The van der Waals surface area contributed by atoms with Crippen LogP contribution in [-0.4, -0.2) is 32.4 Å². The van der Waals surface area contributed by atoms with Gasteiger partial charge in [-0.2, -0.15) is 0 Å². The van der Waals surface area contributed by atoms with E-state index in [1.54, 1.807) is 0 Å². The molecule has 0 bridgehead atoms. The molecular weight excluding hydrogens is 302 g/mol. The Morgan fingerprint density at radius 1 is 0.727 bits per heavy atom. The van der Waals surface area contributed by atoms with Gasteiger partial charge < -0.3 is 20.4 Å². The van der Waals surface area contributed by atoms with E-state index < -0.39 is 40.6 Å². The summed E-state index contributed by atoms with van der Waals surface area (Å²) in [4.78, 5) is 20.5. The van der Waals surface area contributed by atoms with Crippen molar-refractivity contribution in [2.24, 2.45) is 0 Å². The van der Waals surface area contributed by atoms with Crippen molar-refractivity contribution in [2.45, 2.75) is 0 Å². The molecule has 0 aliphatic carbocycles. The molecule has 0 heterocycles. The molecule has 0 aliphatic rings. The van der Waals surface area contributed by atoms with Crippen LogP contribution in [0.1, 0.15) is 20.7 Å². The maximum atomic E-state index is 12.3. The maximum absolute atomic E-state index is 12.3. The average molecular weight is 312 g/mol. The van der Waals surface area contributed by atoms with E-state index in [4.69, 9.17) is 20.4 Å². The number of aromatic hydroxyl groups is 2. The largest absolute Gasteiger partial charge is 0.507 e. The lowest BCUT2D eigenvalue weighted by atomic mass is 10.2. The number of carboxylic acid groups (broad SMARTS) is 2. The number of aromatic carboxylic acids is 2. The lowest BCUT2D eigenvalue weighted by Gasteiger charge is -1.97. The van der Waals surface area contributed by atoms with Crippen molar-refractivity contribution in [1.82, 2.24) is 0 Å². The summed E-state index contributed by atoms with van der Waals surface area (Å²) >= 11 is 0. The van der Waals surface area contributed by atoms with Crippen LogP contribution in [0.2, 0.25) is 0 Å². The van der Waals surface area contributed by atoms with Crippen molar-refractivity contribution in [3.8, 4) is 11.5 Å². The molecule has 2 aromatic rings. The van der Waals surface area contributed by atoms with Gasteiger partial charge in [0.1, 0.15) is 34.3 Å². The zero-order chi connectivity index (χ0) is 16.9. The summed E-state index contributed by atoms with van der Waals surface area (Å²) in [6.07, 6.45) is 0. The van der Waals surface area contributed by atoms with Crippen LogP contribution >= 0.6 is 0 Å². The van der Waals surface area contributed by atoms with Gasteiger partial charge in [0, 0.05) is 6.07 Å². The molecule has 0 saturated carbocycles. The predicted molar refractivity (Wildman–Crippen MR) is 70.0 cm³/mol. The van der Waals surface area contributed by atoms with Crippen molar-refractivity contribution in [2.75, 3.05) is 0 Å². The Morgan fingerprint density at radius 3 is 1.68 bits per heavy atom. The number of hydrogen-bond donors (Lipinski definition) is 4. The standard InChI is InChI=1S/2C7H5FO3/c8-4-1-2-6(9)5(3-4)7(10)11;8-4-1-2-5(7(10)11)6(9)3-4/h2*1-3,9H,(H,10,11). The Hall–Kier alpha value is -3.16. The van der Waals surface area contributed by atoms with Gasteiger partial charge in [0.15, 0.2) is 0 Å². The molecule has 2 aromatic carbocycles. The quantitative estimate of drug-likeness (QED) is 0.677. The highest BCUT2D eigenvalue weighted by Gasteiger charge is 2.09. The first-order valence-corrected chi connectivity index (χ1v) is 5.66. The number of rotatable bonds is 2. The van der Waals surface area contributed by atoms with Gasteiger partial charge in [-0.15, -0.1) is 0 Å². The van der Waals surface area contributed by atoms with E-state index in [0.717, 1.165) is 36.4 Å². The molecule has 0 aliphatic heterocycles. The molecule has 22 heavy (non-hydrogen) atoms. The summed E-state index contributed by atoms with van der Waals surface area (Å²) in [6.45, 7) is 0. The van der Waals surface area contributed by atoms with Crippen molar-refractivity contribution in [3.05, 3.63) is 59.2 Å². The van der Waals surface area contributed by atoms with E-state index in [9.17, 15) is 18.4 Å². The first-order valence-electron chi connectivity index (χ1n) is 5.66. The molecule has 0 radical (unpaired) electrons. The molecule has 2 rings (SSSR count). The van der Waals surface area contributed by atoms with Crippen LogP contribution in [0.25, 0.3) is 0 Å². The minimum Gasteiger partial charge on any atom is -0.507 e. The van der Waals surface area contributed by atoms with E-state index in [2.05, 4.69) is 0 Å². The topological polar surface area (TPSA) is 115 Å². The van der Waals surface area contributed by atoms with Crippen LogP contribution < -0.4 is 0 Å². The number of carbonyl (C=O) groups is 2. The summed E-state index contributed by atoms with van der Waals surface area (Å²) < 4.78 is 24.6. The SMILES string of the molecule is O=C(O)c1cc(F)ccc1O.O=C(O)c1ccc(F)cc1O. The second-order valence-corrected chi connectivity index (χ2v) is 3.93. The maximum Gasteiger partial charge on any atom is 0.339 e. The highest BCUT2D eigenvalue weighted by molar-refractivity contribution is 5.91. The van der Waals surface area contributed by atoms with E-state index in [0.29, 0.717) is 0 Å². The van der Waals surface area contributed by atoms with Crippen LogP contribution in [0.4, 0.5) is 8.78 Å². The van der Waals surface area contributed by atoms with Crippen LogP contribution in [-0.2, 0) is 0 Å². The van der Waals surface area contributed by atoms with E-state index in [-0.39, 0.29) is 5.56 Å². The molecule has 0 aromatic heterocycles. The highest BCUT2D eigenvalue weighted by Crippen LogP contribution is 2.17. The van der Waals surface area contributed by atoms with Gasteiger partial charge in [-0.3, -0.25) is 0 Å². The van der Waals surface area contributed by atoms with Crippen molar-refractivity contribution < 1.29 is 38.8 Å². The molecule has 0 fully saturated rings. The third-order valence-electron chi connectivity index (χ3n) is 2.38. The van der Waals surface area contributed by atoms with Crippen LogP contribution in [0.3, 0.4) is 0 Å². The second kappa shape index (κ2) is 7.02. The molecule has 0 spiro atoms. The molecule has 6 nitrogen and oxygen atoms in total. The molecule has 116 valence electrons. The summed E-state index contributed by atoms with van der Waals surface area (Å²) in [5.74, 6) is -4.95. The summed E-state index contributed by atoms with van der Waals surface area (Å²) in [7, 11) is 0. The molecular formula is C14H10F2O6. The Morgan fingerprint density at radius 2 is 1.23 bits per heavy atom. The lowest BCUT2D eigenvalue weighted by Crippen LogP contribution is -1.96. The van der Waals surface area contributed by atoms with Gasteiger partial charge >= 0.3 is 11.9 Å². The number of phenols is 2. The number of benzene rings is 2. The van der Waals surface area contributed by atoms with Gasteiger partial charge in [-0.05, 0) is 30.3 Å². The minimum absolute atomic E-state index is 0.300. The van der Waals surface area contributed by atoms with Gasteiger partial charge in [-0.25, -0.2) is 18.4 Å². The van der Waals surface area contributed by atoms with Crippen LogP contribution in [0.15, 0.2) is 36.4 Å². The molecule has 0 amide bonds. The van der Waals surface area contributed by atoms with Crippen molar-refractivity contribution in [3.63, 3.8) is 0 Å². The Bertz CT molecular complexity index is 714. The number of carboxylic acids is 2. The normalized spacial score (nSPS) is 9.55. The van der Waals surface area contributed by atoms with Crippen LogP contribution in [0, 0.1) is 11.6 Å². The molecule has 8 heteroatoms. The van der Waals surface area contributed by atoms with Crippen LogP contribution in [0.5, 0.6) is 11.5 Å². The second-order valence-electron chi connectivity index (χ2n) is 3.93. The van der Waals surface area contributed by atoms with E-state index in [1.807, 2.05) is 0 Å². The van der Waals surface area contributed by atoms with Crippen molar-refractivity contribution >= 4 is 11.9 Å². The predicted octanol–water partition coefficient (Wildman–Crippen LogP) is 2.46. The Kier molecular flexibility index (Phi) is 5.39. The first kappa shape index (κ1) is 16.9. The van der Waals surface area contributed by atoms with Gasteiger partial charge in [0.2, 0.25) is 0 Å². The molecule has 0 atom stereocenters. The Balaban J connectivity index is 0.000000220. The third kappa shape index (κ3) is 4.44. The molecule has 0 unspecified atom stereocenters. The monoisotopic (exact) mass is 312 g/mol. The van der Waals surface area contributed by atoms with Gasteiger partial charge in [-0.1, -0.05) is 0 Å². The summed E-state index contributed by atoms with van der Waals surface area (Å²) in [5, 5.41) is 34.4. The average Bonchev–Trinajstić information content (AvgIpc) is 2.41. The first-order chi connectivity index (χ1) is 10.2. The summed E-state index contributed by atoms with van der Waals surface area (Å²) in [5.41, 5.74) is -0.726. The third-order valence-corrected chi connectivity index (χ3v) is 2.38. The smallest absolute Gasteiger partial charge is 0.339 e. The van der Waals surface area contributed by atoms with Gasteiger partial charge in [0.25, 0.3) is 0 Å². The minimum atomic E-state index is -1.35. The Labute approximate surface area is 122 Å². The molecule has 4 N–H and O–H groups in total. The van der Waals surface area contributed by atoms with Crippen molar-refractivity contribution in [1.29, 1.82) is 0 Å². The fourth-order valence-electron chi connectivity index (χ4n) is 1.37. The van der Waals surface area contributed by atoms with E-state index >= 15 is 0 Å².